The largest absolute Gasteiger partial charge is 0.325 e. The summed E-state index contributed by atoms with van der Waals surface area (Å²) in [4.78, 5) is 13.7. The molecule has 4 nitrogen and oxygen atoms in total. The molecule has 3 N–H and O–H groups in total. The highest BCUT2D eigenvalue weighted by molar-refractivity contribution is 6.35. The second kappa shape index (κ2) is 8.68. The zero-order valence-electron chi connectivity index (χ0n) is 14.6. The minimum Gasteiger partial charge on any atom is -0.325 e. The van der Waals surface area contributed by atoms with Crippen LogP contribution in [-0.4, -0.2) is 38.0 Å². The molecule has 0 aliphatic heterocycles. The fourth-order valence-corrected chi connectivity index (χ4v) is 3.33. The summed E-state index contributed by atoms with van der Waals surface area (Å²) in [6, 6.07) is 11.5. The van der Waals surface area contributed by atoms with Crippen LogP contribution in [0.15, 0.2) is 36.4 Å². The van der Waals surface area contributed by atoms with E-state index >= 15 is 0 Å². The smallest absolute Gasteiger partial charge is 0.238 e. The summed E-state index contributed by atoms with van der Waals surface area (Å²) in [5.74, 6) is -0.149. The van der Waals surface area contributed by atoms with Crippen LogP contribution in [0, 0.1) is 6.92 Å². The fraction of sp³-hybridized carbons (Fsp3) is 0.316. The number of benzene rings is 2. The number of nitrogens with two attached hydrogens (primary N) is 1. The highest BCUT2D eigenvalue weighted by atomic mass is 35.5. The summed E-state index contributed by atoms with van der Waals surface area (Å²) in [5, 5.41) is 4.06. The van der Waals surface area contributed by atoms with Gasteiger partial charge in [-0.3, -0.25) is 4.79 Å². The van der Waals surface area contributed by atoms with Gasteiger partial charge in [0.15, 0.2) is 0 Å². The summed E-state index contributed by atoms with van der Waals surface area (Å²) >= 11 is 12.6. The third-order valence-corrected chi connectivity index (χ3v) is 4.64. The van der Waals surface area contributed by atoms with Crippen molar-refractivity contribution in [3.05, 3.63) is 63.1 Å². The Hall–Kier alpha value is -1.59. The zero-order chi connectivity index (χ0) is 18.6. The monoisotopic (exact) mass is 379 g/mol. The van der Waals surface area contributed by atoms with Crippen LogP contribution in [0.3, 0.4) is 0 Å². The molecule has 0 bridgehead atoms. The van der Waals surface area contributed by atoms with Crippen LogP contribution in [0.25, 0.3) is 0 Å². The third kappa shape index (κ3) is 5.19. The number of anilines is 1. The Labute approximate surface area is 158 Å². The number of hydrogen-bond donors (Lipinski definition) is 2. The number of carbonyl (C=O) groups excluding carboxylic acids is 1. The Morgan fingerprint density at radius 3 is 2.60 bits per heavy atom. The molecule has 0 spiro atoms. The van der Waals surface area contributed by atoms with E-state index in [1.807, 2.05) is 51.4 Å². The Balaban J connectivity index is 2.48. The molecule has 0 saturated carbocycles. The highest BCUT2D eigenvalue weighted by Gasteiger charge is 2.20. The average molecular weight is 380 g/mol. The first kappa shape index (κ1) is 19.7. The molecule has 2 aromatic carbocycles. The first-order chi connectivity index (χ1) is 11.8. The van der Waals surface area contributed by atoms with E-state index in [4.69, 9.17) is 28.9 Å². The van der Waals surface area contributed by atoms with Gasteiger partial charge in [-0.1, -0.05) is 35.3 Å². The van der Waals surface area contributed by atoms with Crippen molar-refractivity contribution < 1.29 is 4.79 Å². The number of likely N-dealkylation sites (N-methyl/N-ethyl adjacent to an activating group) is 1. The molecular weight excluding hydrogens is 357 g/mol. The maximum absolute atomic E-state index is 11.6. The molecule has 0 fully saturated rings. The number of halogens is 2. The van der Waals surface area contributed by atoms with Gasteiger partial charge in [0.2, 0.25) is 5.91 Å². The number of rotatable bonds is 6. The van der Waals surface area contributed by atoms with Crippen molar-refractivity contribution >= 4 is 34.8 Å². The lowest BCUT2D eigenvalue weighted by molar-refractivity contribution is -0.114. The molecule has 0 aliphatic carbocycles. The van der Waals surface area contributed by atoms with Crippen LogP contribution in [-0.2, 0) is 4.79 Å². The predicted octanol–water partition coefficient (Wildman–Crippen LogP) is 3.89. The zero-order valence-corrected chi connectivity index (χ0v) is 16.2. The Morgan fingerprint density at radius 1 is 1.24 bits per heavy atom. The molecular formula is C19H23Cl2N3O. The number of nitrogens with zero attached hydrogens (tertiary/aromatic N) is 1. The van der Waals surface area contributed by atoms with Crippen LogP contribution < -0.4 is 11.1 Å². The first-order valence-electron chi connectivity index (χ1n) is 8.02. The van der Waals surface area contributed by atoms with Gasteiger partial charge in [0, 0.05) is 28.2 Å². The maximum Gasteiger partial charge on any atom is 0.238 e. The lowest BCUT2D eigenvalue weighted by Crippen LogP contribution is -2.23. The summed E-state index contributed by atoms with van der Waals surface area (Å²) < 4.78 is 0. The second-order valence-electron chi connectivity index (χ2n) is 6.29. The molecule has 1 atom stereocenters. The van der Waals surface area contributed by atoms with Crippen molar-refractivity contribution in [2.24, 2.45) is 5.73 Å². The van der Waals surface area contributed by atoms with Crippen molar-refractivity contribution in [3.63, 3.8) is 0 Å². The van der Waals surface area contributed by atoms with Gasteiger partial charge < -0.3 is 16.0 Å². The van der Waals surface area contributed by atoms with E-state index in [1.54, 1.807) is 6.07 Å². The average Bonchev–Trinajstić information content (AvgIpc) is 2.56. The lowest BCUT2D eigenvalue weighted by atomic mass is 9.88. The topological polar surface area (TPSA) is 58.4 Å². The number of nitrogens with one attached hydrogen (secondary N) is 1. The standard InChI is InChI=1S/C19H23Cl2N3O/c1-12-16(8-14(20)9-18(12)21)17(11-24(2)3)13-5-4-6-15(7-13)23-19(25)10-22/h4-9,17H,10-11,22H2,1-3H3,(H,23,25). The van der Waals surface area contributed by atoms with Gasteiger partial charge in [-0.05, 0) is 62.0 Å². The molecule has 6 heteroatoms. The molecule has 0 heterocycles. The van der Waals surface area contributed by atoms with Crippen LogP contribution in [0.4, 0.5) is 5.69 Å². The van der Waals surface area contributed by atoms with Crippen molar-refractivity contribution in [3.8, 4) is 0 Å². The normalized spacial score (nSPS) is 12.3. The summed E-state index contributed by atoms with van der Waals surface area (Å²) in [7, 11) is 4.04. The lowest BCUT2D eigenvalue weighted by Gasteiger charge is -2.25. The minimum atomic E-state index is -0.219. The van der Waals surface area contributed by atoms with E-state index in [2.05, 4.69) is 10.2 Å². The first-order valence-corrected chi connectivity index (χ1v) is 8.77. The molecule has 2 rings (SSSR count). The highest BCUT2D eigenvalue weighted by Crippen LogP contribution is 2.34. The van der Waals surface area contributed by atoms with Gasteiger partial charge in [-0.15, -0.1) is 0 Å². The Bertz CT molecular complexity index is 762. The molecule has 1 unspecified atom stereocenters. The molecule has 134 valence electrons. The van der Waals surface area contributed by atoms with Gasteiger partial charge in [-0.2, -0.15) is 0 Å². The van der Waals surface area contributed by atoms with E-state index in [1.165, 1.54) is 0 Å². The fourth-order valence-electron chi connectivity index (χ4n) is 2.82. The third-order valence-electron chi connectivity index (χ3n) is 4.03. The molecule has 0 saturated heterocycles. The summed E-state index contributed by atoms with van der Waals surface area (Å²) in [6.07, 6.45) is 0. The van der Waals surface area contributed by atoms with Crippen LogP contribution in [0.1, 0.15) is 22.6 Å². The summed E-state index contributed by atoms with van der Waals surface area (Å²) in [6.45, 7) is 2.73. The quantitative estimate of drug-likeness (QED) is 0.799. The van der Waals surface area contributed by atoms with Gasteiger partial charge in [-0.25, -0.2) is 0 Å². The minimum absolute atomic E-state index is 0.0473. The second-order valence-corrected chi connectivity index (χ2v) is 7.14. The van der Waals surface area contributed by atoms with E-state index in [0.29, 0.717) is 10.0 Å². The van der Waals surface area contributed by atoms with E-state index in [-0.39, 0.29) is 18.4 Å². The molecule has 0 aliphatic rings. The van der Waals surface area contributed by atoms with E-state index in [9.17, 15) is 4.79 Å². The Morgan fingerprint density at radius 2 is 1.96 bits per heavy atom. The SMILES string of the molecule is Cc1c(Cl)cc(Cl)cc1C(CN(C)C)c1cccc(NC(=O)CN)c1. The predicted molar refractivity (Wildman–Crippen MR) is 106 cm³/mol. The molecule has 0 aromatic heterocycles. The van der Waals surface area contributed by atoms with Gasteiger partial charge in [0.05, 0.1) is 6.54 Å². The molecule has 25 heavy (non-hydrogen) atoms. The van der Waals surface area contributed by atoms with Gasteiger partial charge >= 0.3 is 0 Å². The van der Waals surface area contributed by atoms with Crippen molar-refractivity contribution in [1.29, 1.82) is 0 Å². The Kier molecular flexibility index (Phi) is 6.85. The van der Waals surface area contributed by atoms with Crippen molar-refractivity contribution in [2.45, 2.75) is 12.8 Å². The van der Waals surface area contributed by atoms with Crippen LogP contribution in [0.2, 0.25) is 10.0 Å². The molecule has 1 amide bonds. The number of amides is 1. The molecule has 0 radical (unpaired) electrons. The maximum atomic E-state index is 11.6. The number of hydrogen-bond acceptors (Lipinski definition) is 3. The van der Waals surface area contributed by atoms with Gasteiger partial charge in [0.25, 0.3) is 0 Å². The molecule has 2 aromatic rings. The number of carbonyl (C=O) groups is 1. The summed E-state index contributed by atoms with van der Waals surface area (Å²) in [5.41, 5.74) is 9.26. The van der Waals surface area contributed by atoms with Crippen molar-refractivity contribution in [1.82, 2.24) is 4.90 Å². The van der Waals surface area contributed by atoms with Crippen LogP contribution in [0.5, 0.6) is 0 Å². The van der Waals surface area contributed by atoms with Crippen molar-refractivity contribution in [2.75, 3.05) is 32.5 Å². The van der Waals surface area contributed by atoms with E-state index in [0.717, 1.165) is 28.9 Å². The van der Waals surface area contributed by atoms with Crippen LogP contribution >= 0.6 is 23.2 Å². The van der Waals surface area contributed by atoms with E-state index < -0.39 is 0 Å². The van der Waals surface area contributed by atoms with Gasteiger partial charge in [0.1, 0.15) is 0 Å².